The van der Waals surface area contributed by atoms with Crippen LogP contribution in [-0.4, -0.2) is 43.3 Å². The number of nitrogens with one attached hydrogen (secondary N) is 1. The predicted octanol–water partition coefficient (Wildman–Crippen LogP) is 6.47. The highest BCUT2D eigenvalue weighted by molar-refractivity contribution is 7.92. The number of carbonyl (C=O) groups is 2. The molecule has 0 aliphatic rings. The SMILES string of the molecule is CCc1ccc(N(CC(=O)N(Cc2c(Cl)cccc2Cl)[C@@H](CC)C(=O)NC(C)(C)C)S(=O)(=O)c2ccccc2)cc1. The number of aryl methyl sites for hydroxylation is 1. The topological polar surface area (TPSA) is 86.8 Å². The van der Waals surface area contributed by atoms with Gasteiger partial charge in [0.2, 0.25) is 11.8 Å². The van der Waals surface area contributed by atoms with Crippen LogP contribution in [0.25, 0.3) is 0 Å². The summed E-state index contributed by atoms with van der Waals surface area (Å²) >= 11 is 12.9. The Morgan fingerprint density at radius 1 is 0.878 bits per heavy atom. The van der Waals surface area contributed by atoms with Crippen molar-refractivity contribution in [3.05, 3.63) is 94.0 Å². The second-order valence-electron chi connectivity index (χ2n) is 10.7. The summed E-state index contributed by atoms with van der Waals surface area (Å²) in [6.07, 6.45) is 1.06. The first kappa shape index (κ1) is 32.4. The molecular formula is C31H37Cl2N3O4S. The molecule has 2 amide bonds. The molecule has 3 rings (SSSR count). The molecule has 0 unspecified atom stereocenters. The summed E-state index contributed by atoms with van der Waals surface area (Å²) in [6, 6.07) is 19.1. The smallest absolute Gasteiger partial charge is 0.264 e. The standard InChI is InChI=1S/C31H37Cl2N3O4S/c1-6-22-16-18-23(19-17-22)36(41(39,40)24-12-9-8-10-13-24)21-29(37)35(20-25-26(32)14-11-15-27(25)33)28(7-2)30(38)34-31(3,4)5/h8-19,28H,6-7,20-21H2,1-5H3,(H,34,38)/t28-/m0/s1. The highest BCUT2D eigenvalue weighted by atomic mass is 35.5. The number of anilines is 1. The fraction of sp³-hybridized carbons (Fsp3) is 0.355. The van der Waals surface area contributed by atoms with Crippen LogP contribution < -0.4 is 9.62 Å². The number of hydrogen-bond donors (Lipinski definition) is 1. The lowest BCUT2D eigenvalue weighted by molar-refractivity contribution is -0.141. The van der Waals surface area contributed by atoms with Crippen LogP contribution in [0, 0.1) is 0 Å². The first-order valence-electron chi connectivity index (χ1n) is 13.5. The molecule has 7 nitrogen and oxygen atoms in total. The van der Waals surface area contributed by atoms with E-state index in [9.17, 15) is 18.0 Å². The number of rotatable bonds is 11. The quantitative estimate of drug-likeness (QED) is 0.267. The average Bonchev–Trinajstić information content (AvgIpc) is 2.92. The summed E-state index contributed by atoms with van der Waals surface area (Å²) in [5.74, 6) is -0.933. The summed E-state index contributed by atoms with van der Waals surface area (Å²) in [7, 11) is -4.14. The zero-order chi connectivity index (χ0) is 30.4. The predicted molar refractivity (Wildman–Crippen MR) is 166 cm³/mol. The molecule has 41 heavy (non-hydrogen) atoms. The fourth-order valence-electron chi connectivity index (χ4n) is 4.37. The minimum absolute atomic E-state index is 0.0468. The van der Waals surface area contributed by atoms with Gasteiger partial charge in [0, 0.05) is 27.7 Å². The minimum Gasteiger partial charge on any atom is -0.350 e. The van der Waals surface area contributed by atoms with E-state index >= 15 is 0 Å². The molecule has 0 fully saturated rings. The molecule has 0 heterocycles. The van der Waals surface area contributed by atoms with Gasteiger partial charge in [-0.1, -0.05) is 73.4 Å². The van der Waals surface area contributed by atoms with E-state index in [4.69, 9.17) is 23.2 Å². The normalized spacial score (nSPS) is 12.5. The molecule has 0 aliphatic heterocycles. The molecule has 0 radical (unpaired) electrons. The molecule has 0 saturated heterocycles. The van der Waals surface area contributed by atoms with E-state index in [0.717, 1.165) is 16.3 Å². The van der Waals surface area contributed by atoms with Gasteiger partial charge in [-0.3, -0.25) is 13.9 Å². The molecule has 220 valence electrons. The van der Waals surface area contributed by atoms with Gasteiger partial charge in [-0.2, -0.15) is 0 Å². The number of benzene rings is 3. The third-order valence-electron chi connectivity index (χ3n) is 6.52. The van der Waals surface area contributed by atoms with Crippen LogP contribution in [0.1, 0.15) is 52.2 Å². The maximum absolute atomic E-state index is 14.2. The van der Waals surface area contributed by atoms with Gasteiger partial charge >= 0.3 is 0 Å². The Kier molecular flexibility index (Phi) is 10.9. The lowest BCUT2D eigenvalue weighted by atomic mass is 10.1. The number of amides is 2. The van der Waals surface area contributed by atoms with Crippen molar-refractivity contribution in [3.63, 3.8) is 0 Å². The summed E-state index contributed by atoms with van der Waals surface area (Å²) in [5, 5.41) is 3.62. The van der Waals surface area contributed by atoms with Gasteiger partial charge in [0.1, 0.15) is 12.6 Å². The number of nitrogens with zero attached hydrogens (tertiary/aromatic N) is 2. The number of sulfonamides is 1. The Labute approximate surface area is 253 Å². The highest BCUT2D eigenvalue weighted by Crippen LogP contribution is 2.29. The molecule has 1 atom stereocenters. The van der Waals surface area contributed by atoms with Crippen molar-refractivity contribution in [3.8, 4) is 0 Å². The van der Waals surface area contributed by atoms with Crippen LogP contribution in [0.15, 0.2) is 77.7 Å². The summed E-state index contributed by atoms with van der Waals surface area (Å²) < 4.78 is 28.9. The Morgan fingerprint density at radius 3 is 1.98 bits per heavy atom. The largest absolute Gasteiger partial charge is 0.350 e. The van der Waals surface area contributed by atoms with Gasteiger partial charge in [0.05, 0.1) is 10.6 Å². The third-order valence-corrected chi connectivity index (χ3v) is 9.01. The van der Waals surface area contributed by atoms with Crippen LogP contribution in [0.3, 0.4) is 0 Å². The number of hydrogen-bond acceptors (Lipinski definition) is 4. The van der Waals surface area contributed by atoms with Crippen molar-refractivity contribution in [1.82, 2.24) is 10.2 Å². The average molecular weight is 619 g/mol. The first-order chi connectivity index (χ1) is 19.3. The molecule has 0 saturated carbocycles. The van der Waals surface area contributed by atoms with E-state index in [1.807, 2.05) is 39.8 Å². The molecule has 3 aromatic carbocycles. The molecule has 0 aromatic heterocycles. The Bertz CT molecular complexity index is 1440. The Balaban J connectivity index is 2.10. The number of carbonyl (C=O) groups excluding carboxylic acids is 2. The van der Waals surface area contributed by atoms with Crippen LogP contribution in [0.2, 0.25) is 10.0 Å². The van der Waals surface area contributed by atoms with Gasteiger partial charge in [0.25, 0.3) is 10.0 Å². The van der Waals surface area contributed by atoms with Crippen molar-refractivity contribution in [2.75, 3.05) is 10.8 Å². The lowest BCUT2D eigenvalue weighted by Gasteiger charge is -2.35. The van der Waals surface area contributed by atoms with Gasteiger partial charge in [0.15, 0.2) is 0 Å². The van der Waals surface area contributed by atoms with Gasteiger partial charge in [-0.15, -0.1) is 0 Å². The maximum atomic E-state index is 14.2. The summed E-state index contributed by atoms with van der Waals surface area (Å²) in [6.45, 7) is 8.73. The van der Waals surface area contributed by atoms with Crippen LogP contribution >= 0.6 is 23.2 Å². The van der Waals surface area contributed by atoms with E-state index in [0.29, 0.717) is 21.3 Å². The Hall–Kier alpha value is -3.07. The van der Waals surface area contributed by atoms with E-state index in [2.05, 4.69) is 5.32 Å². The van der Waals surface area contributed by atoms with Gasteiger partial charge in [-0.25, -0.2) is 8.42 Å². The van der Waals surface area contributed by atoms with Crippen LogP contribution in [0.4, 0.5) is 5.69 Å². The van der Waals surface area contributed by atoms with Crippen molar-refractivity contribution < 1.29 is 18.0 Å². The molecule has 0 spiro atoms. The van der Waals surface area contributed by atoms with Gasteiger partial charge in [-0.05, 0) is 75.6 Å². The second kappa shape index (κ2) is 13.7. The van der Waals surface area contributed by atoms with E-state index in [1.165, 1.54) is 17.0 Å². The molecule has 1 N–H and O–H groups in total. The van der Waals surface area contributed by atoms with Gasteiger partial charge < -0.3 is 10.2 Å². The van der Waals surface area contributed by atoms with E-state index in [1.54, 1.807) is 55.5 Å². The van der Waals surface area contributed by atoms with E-state index < -0.39 is 34.1 Å². The monoisotopic (exact) mass is 617 g/mol. The molecule has 0 aliphatic carbocycles. The lowest BCUT2D eigenvalue weighted by Crippen LogP contribution is -2.55. The van der Waals surface area contributed by atoms with Crippen LogP contribution in [-0.2, 0) is 32.6 Å². The Morgan fingerprint density at radius 2 is 1.46 bits per heavy atom. The molecule has 0 bridgehead atoms. The number of halogens is 2. The summed E-state index contributed by atoms with van der Waals surface area (Å²) in [4.78, 5) is 29.0. The highest BCUT2D eigenvalue weighted by Gasteiger charge is 2.35. The molecule has 10 heteroatoms. The molecule has 3 aromatic rings. The first-order valence-corrected chi connectivity index (χ1v) is 15.7. The zero-order valence-corrected chi connectivity index (χ0v) is 26.4. The van der Waals surface area contributed by atoms with Crippen molar-refractivity contribution in [2.24, 2.45) is 0 Å². The second-order valence-corrected chi connectivity index (χ2v) is 13.4. The van der Waals surface area contributed by atoms with E-state index in [-0.39, 0.29) is 23.8 Å². The van der Waals surface area contributed by atoms with Crippen LogP contribution in [0.5, 0.6) is 0 Å². The third kappa shape index (κ3) is 8.24. The summed E-state index contributed by atoms with van der Waals surface area (Å²) in [5.41, 5.74) is 1.28. The van der Waals surface area contributed by atoms with Crippen molar-refractivity contribution in [1.29, 1.82) is 0 Å². The van der Waals surface area contributed by atoms with Crippen molar-refractivity contribution in [2.45, 2.75) is 70.5 Å². The fourth-order valence-corrected chi connectivity index (χ4v) is 6.32. The minimum atomic E-state index is -4.14. The maximum Gasteiger partial charge on any atom is 0.264 e. The zero-order valence-electron chi connectivity index (χ0n) is 24.0. The van der Waals surface area contributed by atoms with Crippen molar-refractivity contribution >= 4 is 50.7 Å². The molecular weight excluding hydrogens is 581 g/mol.